The van der Waals surface area contributed by atoms with Crippen molar-refractivity contribution >= 4 is 36.0 Å². The zero-order valence-electron chi connectivity index (χ0n) is 31.4. The molecule has 1 fully saturated rings. The number of hydrogen-bond acceptors (Lipinski definition) is 7. The number of aromatic nitrogens is 1. The third-order valence-electron chi connectivity index (χ3n) is 9.44. The summed E-state index contributed by atoms with van der Waals surface area (Å²) in [5.41, 5.74) is 6.83. The molecule has 4 aromatic carbocycles. The van der Waals surface area contributed by atoms with Crippen molar-refractivity contribution in [2.24, 2.45) is 0 Å². The first-order chi connectivity index (χ1) is 26.2. The standard InChI is InChI=1S/C45H45ClN4O4.ClH/c1-32(2)37-13-15-40(16-14-37)52-25-20-34-8-10-35(11-9-34)30-49-21-23-50(24-22-49)44(51)19-12-36-26-33(3)45(42(46)27-36)54-43-18-17-41(29-48-43)53-31-39-7-5-4-6-38(39)28-47;/h4-19,26-27,29,32H,20-25,30-31H2,1-3H3;1H. The number of amides is 1. The third-order valence-corrected chi connectivity index (χ3v) is 9.72. The molecule has 0 bridgehead atoms. The van der Waals surface area contributed by atoms with E-state index in [0.29, 0.717) is 53.6 Å². The van der Waals surface area contributed by atoms with Crippen LogP contribution in [-0.4, -0.2) is 53.5 Å². The number of aryl methyl sites for hydroxylation is 1. The van der Waals surface area contributed by atoms with Gasteiger partial charge in [-0.05, 0) is 83.1 Å². The largest absolute Gasteiger partial charge is 0.493 e. The van der Waals surface area contributed by atoms with Crippen LogP contribution in [0.4, 0.5) is 0 Å². The van der Waals surface area contributed by atoms with Gasteiger partial charge in [-0.1, -0.05) is 80.0 Å². The van der Waals surface area contributed by atoms with Gasteiger partial charge in [0.2, 0.25) is 11.8 Å². The number of nitriles is 1. The van der Waals surface area contributed by atoms with Crippen LogP contribution in [-0.2, 0) is 24.4 Å². The average molecular weight is 778 g/mol. The Balaban J connectivity index is 0.00000580. The molecular weight excluding hydrogens is 731 g/mol. The number of benzene rings is 4. The number of rotatable bonds is 14. The summed E-state index contributed by atoms with van der Waals surface area (Å²) in [7, 11) is 0. The fraction of sp³-hybridized carbons (Fsp3) is 0.267. The van der Waals surface area contributed by atoms with E-state index in [2.05, 4.69) is 66.2 Å². The molecule has 5 aromatic rings. The highest BCUT2D eigenvalue weighted by molar-refractivity contribution is 6.32. The van der Waals surface area contributed by atoms with Crippen LogP contribution in [0.2, 0.25) is 5.02 Å². The van der Waals surface area contributed by atoms with Gasteiger partial charge in [-0.15, -0.1) is 12.4 Å². The molecule has 2 heterocycles. The van der Waals surface area contributed by atoms with Crippen molar-refractivity contribution in [3.8, 4) is 29.2 Å². The van der Waals surface area contributed by atoms with Crippen LogP contribution in [0.15, 0.2) is 109 Å². The molecule has 8 nitrogen and oxygen atoms in total. The van der Waals surface area contributed by atoms with Gasteiger partial charge >= 0.3 is 0 Å². The molecule has 10 heteroatoms. The van der Waals surface area contributed by atoms with E-state index in [1.54, 1.807) is 42.6 Å². The Morgan fingerprint density at radius 3 is 2.29 bits per heavy atom. The fourth-order valence-electron chi connectivity index (χ4n) is 6.22. The Hall–Kier alpha value is -5.33. The predicted octanol–water partition coefficient (Wildman–Crippen LogP) is 9.81. The molecule has 55 heavy (non-hydrogen) atoms. The van der Waals surface area contributed by atoms with Crippen LogP contribution in [0.1, 0.15) is 58.7 Å². The maximum atomic E-state index is 13.1. The number of piperazine rings is 1. The molecule has 1 aromatic heterocycles. The van der Waals surface area contributed by atoms with Crippen LogP contribution < -0.4 is 14.2 Å². The van der Waals surface area contributed by atoms with Crippen molar-refractivity contribution in [1.29, 1.82) is 5.26 Å². The number of carbonyl (C=O) groups excluding carboxylic acids is 1. The minimum Gasteiger partial charge on any atom is -0.493 e. The van der Waals surface area contributed by atoms with Gasteiger partial charge in [-0.2, -0.15) is 5.26 Å². The van der Waals surface area contributed by atoms with E-state index in [1.165, 1.54) is 16.7 Å². The van der Waals surface area contributed by atoms with Crippen LogP contribution in [0, 0.1) is 18.3 Å². The first kappa shape index (κ1) is 40.8. The van der Waals surface area contributed by atoms with Gasteiger partial charge < -0.3 is 19.1 Å². The first-order valence-corrected chi connectivity index (χ1v) is 18.7. The molecule has 0 spiro atoms. The summed E-state index contributed by atoms with van der Waals surface area (Å²) in [6.07, 6.45) is 5.83. The lowest BCUT2D eigenvalue weighted by atomic mass is 10.0. The normalized spacial score (nSPS) is 13.0. The number of pyridine rings is 1. The minimum absolute atomic E-state index is 0. The third kappa shape index (κ3) is 11.6. The van der Waals surface area contributed by atoms with Crippen molar-refractivity contribution < 1.29 is 19.0 Å². The Kier molecular flexibility index (Phi) is 14.7. The topological polar surface area (TPSA) is 87.9 Å². The number of nitrogens with zero attached hydrogens (tertiary/aromatic N) is 4. The summed E-state index contributed by atoms with van der Waals surface area (Å²) in [6.45, 7) is 11.0. The van der Waals surface area contributed by atoms with E-state index in [9.17, 15) is 10.1 Å². The molecule has 0 unspecified atom stereocenters. The van der Waals surface area contributed by atoms with E-state index in [4.69, 9.17) is 25.8 Å². The van der Waals surface area contributed by atoms with Gasteiger partial charge in [0.25, 0.3) is 0 Å². The predicted molar refractivity (Wildman–Crippen MR) is 220 cm³/mol. The first-order valence-electron chi connectivity index (χ1n) is 18.3. The van der Waals surface area contributed by atoms with Gasteiger partial charge in [0.1, 0.15) is 18.1 Å². The van der Waals surface area contributed by atoms with Gasteiger partial charge in [0, 0.05) is 56.9 Å². The highest BCUT2D eigenvalue weighted by atomic mass is 35.5. The SMILES string of the molecule is Cc1cc(C=CC(=O)N2CCN(Cc3ccc(CCOc4ccc(C(C)C)cc4)cc3)CC2)cc(Cl)c1Oc1ccc(OCc2ccccc2C#N)cn1.Cl. The van der Waals surface area contributed by atoms with Crippen molar-refractivity contribution in [2.75, 3.05) is 32.8 Å². The lowest BCUT2D eigenvalue weighted by Gasteiger charge is -2.34. The van der Waals surface area contributed by atoms with Crippen LogP contribution >= 0.6 is 24.0 Å². The smallest absolute Gasteiger partial charge is 0.246 e. The van der Waals surface area contributed by atoms with Crippen molar-refractivity contribution in [1.82, 2.24) is 14.8 Å². The summed E-state index contributed by atoms with van der Waals surface area (Å²) >= 11 is 6.63. The summed E-state index contributed by atoms with van der Waals surface area (Å²) in [5, 5.41) is 9.71. The molecule has 0 atom stereocenters. The molecule has 0 aliphatic carbocycles. The molecule has 1 saturated heterocycles. The lowest BCUT2D eigenvalue weighted by molar-refractivity contribution is -0.127. The molecule has 1 amide bonds. The Morgan fingerprint density at radius 1 is 0.909 bits per heavy atom. The van der Waals surface area contributed by atoms with E-state index in [1.807, 2.05) is 48.2 Å². The molecular formula is C45H46Cl2N4O4. The van der Waals surface area contributed by atoms with E-state index in [-0.39, 0.29) is 24.9 Å². The second-order valence-corrected chi connectivity index (χ2v) is 14.1. The molecule has 0 radical (unpaired) electrons. The summed E-state index contributed by atoms with van der Waals surface area (Å²) in [5.74, 6) is 2.81. The molecule has 6 rings (SSSR count). The molecule has 0 N–H and O–H groups in total. The molecule has 284 valence electrons. The molecule has 1 aliphatic rings. The van der Waals surface area contributed by atoms with E-state index >= 15 is 0 Å². The minimum atomic E-state index is -0.0196. The summed E-state index contributed by atoms with van der Waals surface area (Å²) < 4.78 is 17.8. The second kappa shape index (κ2) is 19.8. The van der Waals surface area contributed by atoms with Crippen LogP contribution in [0.3, 0.4) is 0 Å². The molecule has 0 saturated carbocycles. The van der Waals surface area contributed by atoms with E-state index in [0.717, 1.165) is 48.5 Å². The monoisotopic (exact) mass is 776 g/mol. The zero-order chi connectivity index (χ0) is 37.9. The maximum absolute atomic E-state index is 13.1. The second-order valence-electron chi connectivity index (χ2n) is 13.7. The lowest BCUT2D eigenvalue weighted by Crippen LogP contribution is -2.47. The van der Waals surface area contributed by atoms with Gasteiger partial charge in [0.05, 0.1) is 29.5 Å². The average Bonchev–Trinajstić information content (AvgIpc) is 3.19. The van der Waals surface area contributed by atoms with Gasteiger partial charge in [-0.25, -0.2) is 4.98 Å². The number of halogens is 2. The Labute approximate surface area is 335 Å². The van der Waals surface area contributed by atoms with Crippen LogP contribution in [0.25, 0.3) is 6.08 Å². The number of hydrogen-bond donors (Lipinski definition) is 0. The van der Waals surface area contributed by atoms with Crippen LogP contribution in [0.5, 0.6) is 23.1 Å². The van der Waals surface area contributed by atoms with Gasteiger partial charge in [-0.3, -0.25) is 9.69 Å². The fourth-order valence-corrected chi connectivity index (χ4v) is 6.53. The highest BCUT2D eigenvalue weighted by Gasteiger charge is 2.20. The number of ether oxygens (including phenoxy) is 3. The summed E-state index contributed by atoms with van der Waals surface area (Å²) in [6, 6.07) is 33.8. The molecule has 1 aliphatic heterocycles. The summed E-state index contributed by atoms with van der Waals surface area (Å²) in [4.78, 5) is 21.7. The van der Waals surface area contributed by atoms with Gasteiger partial charge in [0.15, 0.2) is 5.75 Å². The number of carbonyl (C=O) groups is 1. The zero-order valence-corrected chi connectivity index (χ0v) is 33.0. The Morgan fingerprint density at radius 2 is 1.62 bits per heavy atom. The Bertz CT molecular complexity index is 2070. The quantitative estimate of drug-likeness (QED) is 0.104. The maximum Gasteiger partial charge on any atom is 0.246 e. The van der Waals surface area contributed by atoms with Crippen molar-refractivity contribution in [3.63, 3.8) is 0 Å². The highest BCUT2D eigenvalue weighted by Crippen LogP contribution is 2.34. The van der Waals surface area contributed by atoms with Crippen molar-refractivity contribution in [2.45, 2.75) is 46.3 Å². The van der Waals surface area contributed by atoms with Crippen molar-refractivity contribution in [3.05, 3.63) is 153 Å². The van der Waals surface area contributed by atoms with E-state index < -0.39 is 0 Å².